The Morgan fingerprint density at radius 1 is 1.22 bits per heavy atom. The van der Waals surface area contributed by atoms with Crippen LogP contribution in [0.2, 0.25) is 0 Å². The second-order valence-electron chi connectivity index (χ2n) is 10.9. The van der Waals surface area contributed by atoms with Gasteiger partial charge in [0.15, 0.2) is 6.23 Å². The summed E-state index contributed by atoms with van der Waals surface area (Å²) in [5.74, 6) is 3.28. The molecule has 0 amide bonds. The predicted octanol–water partition coefficient (Wildman–Crippen LogP) is 7.99. The molecule has 0 aromatic heterocycles. The third kappa shape index (κ3) is 6.03. The van der Waals surface area contributed by atoms with E-state index >= 15 is 0 Å². The fraction of sp³-hybridized carbons (Fsp3) is 0.581. The van der Waals surface area contributed by atoms with Gasteiger partial charge in [0.1, 0.15) is 0 Å². The van der Waals surface area contributed by atoms with E-state index in [4.69, 9.17) is 14.2 Å². The third-order valence-corrected chi connectivity index (χ3v) is 9.54. The first kappa shape index (κ1) is 23.7. The van der Waals surface area contributed by atoms with Crippen LogP contribution in [-0.2, 0) is 24.8 Å². The topological polar surface area (TPSA) is 49.8 Å². The van der Waals surface area contributed by atoms with E-state index in [1.54, 1.807) is 6.08 Å². The first-order chi connectivity index (χ1) is 18.9. The van der Waals surface area contributed by atoms with Gasteiger partial charge in [-0.2, -0.15) is 35.4 Å². The Labute approximate surface area is 245 Å². The Hall–Kier alpha value is -1.20. The second kappa shape index (κ2) is 12.3. The van der Waals surface area contributed by atoms with Crippen molar-refractivity contribution in [2.45, 2.75) is 82.8 Å². The summed E-state index contributed by atoms with van der Waals surface area (Å²) in [6.07, 6.45) is 24.3. The zero-order valence-electron chi connectivity index (χ0n) is 24.6. The fourth-order valence-corrected chi connectivity index (χ4v) is 7.62. The Bertz CT molecular complexity index is 1140. The van der Waals surface area contributed by atoms with Crippen LogP contribution in [0, 0.1) is 30.6 Å². The number of thioether (sulfide) groups is 1. The van der Waals surface area contributed by atoms with Crippen molar-refractivity contribution in [1.29, 1.82) is 0 Å². The van der Waals surface area contributed by atoms with E-state index in [2.05, 4.69) is 48.3 Å². The molecule has 0 N–H and O–H groups in total. The largest absolute Gasteiger partial charge is 0.686 e. The number of hydrogen-bond donors (Lipinski definition) is 0. The molecule has 0 bridgehead atoms. The maximum Gasteiger partial charge on any atom is 0.175 e. The number of hydrogen-bond acceptors (Lipinski definition) is 3. The van der Waals surface area contributed by atoms with Gasteiger partial charge in [-0.3, -0.25) is 0 Å². The Balaban J connectivity index is 0.000000195. The van der Waals surface area contributed by atoms with E-state index in [0.717, 1.165) is 31.6 Å². The molecule has 203 valence electrons. The molecule has 1 saturated carbocycles. The van der Waals surface area contributed by atoms with Gasteiger partial charge in [-0.1, -0.05) is 66.5 Å². The molecule has 0 spiro atoms. The molecular formula is C31H39IrN3OS-4. The number of fused-ring (bicyclic) bond motifs is 4. The van der Waals surface area contributed by atoms with Gasteiger partial charge in [0, 0.05) is 35.8 Å². The Morgan fingerprint density at radius 3 is 2.97 bits per heavy atom. The smallest absolute Gasteiger partial charge is 0.175 e. The van der Waals surface area contributed by atoms with Crippen molar-refractivity contribution in [3.8, 4) is 0 Å². The molecule has 7 aliphatic rings. The molecule has 37 heavy (non-hydrogen) atoms. The minimum atomic E-state index is -2.18. The van der Waals surface area contributed by atoms with E-state index in [-0.39, 0.29) is 37.8 Å². The standard InChI is InChI=1S/C19H22N2OS.C12H17N.Ir/c1-11-5-7-14-13-3-2-4-15(17(13)22-18(14)20-11)16-8-6-12-9-10-23-19(12)21-16;1-10-7-8-12(13-9-10)11-5-3-2-4-6-11;/h4-7,13-14,16,18-19H,2-3,8-10H2,1H3;5,7-8,11H,2-4,6,9H2,1H3;/q2*-2;/t13?,14?,16-,18+,19-;11-;/m11./s1/i1D3;;. The summed E-state index contributed by atoms with van der Waals surface area (Å²) in [6.45, 7) is 0.874. The van der Waals surface area contributed by atoms with Crippen LogP contribution in [-0.4, -0.2) is 35.7 Å². The van der Waals surface area contributed by atoms with Crippen molar-refractivity contribution in [2.75, 3.05) is 12.3 Å². The van der Waals surface area contributed by atoms with Gasteiger partial charge >= 0.3 is 0 Å². The van der Waals surface area contributed by atoms with E-state index in [0.29, 0.717) is 17.2 Å². The number of nitrogens with zero attached hydrogens (tertiary/aromatic N) is 3. The molecule has 2 saturated heterocycles. The monoisotopic (exact) mass is 697 g/mol. The minimum Gasteiger partial charge on any atom is -0.686 e. The number of rotatable bonds is 2. The van der Waals surface area contributed by atoms with Crippen LogP contribution in [0.5, 0.6) is 0 Å². The van der Waals surface area contributed by atoms with E-state index in [1.807, 2.05) is 17.8 Å². The average Bonchev–Trinajstić information content (AvgIpc) is 3.57. The Kier molecular flexibility index (Phi) is 7.88. The Morgan fingerprint density at radius 2 is 2.16 bits per heavy atom. The molecule has 2 aliphatic carbocycles. The maximum atomic E-state index is 7.60. The molecule has 2 unspecified atom stereocenters. The summed E-state index contributed by atoms with van der Waals surface area (Å²) >= 11 is 1.93. The summed E-state index contributed by atoms with van der Waals surface area (Å²) in [6, 6.07) is 0.169. The molecule has 4 nitrogen and oxygen atoms in total. The average molecular weight is 697 g/mol. The van der Waals surface area contributed by atoms with Gasteiger partial charge in [0.05, 0.1) is 0 Å². The second-order valence-corrected chi connectivity index (χ2v) is 12.1. The van der Waals surface area contributed by atoms with E-state index < -0.39 is 13.1 Å². The summed E-state index contributed by atoms with van der Waals surface area (Å²) in [5.41, 5.74) is 5.54. The molecule has 1 radical (unpaired) electrons. The SMILES string of the molecule is CC1=CC=C([C@@H]2[CH-]CCCC2)[N-]C1.[2H]C([2H])([2H])C1=N[C@H]2OC3=C([C@H]4CC=C5CCS[C@H]5[N-]4)[CH-]CCC3C2C=C1.[Ir]. The quantitative estimate of drug-likeness (QED) is 0.217. The zero-order chi connectivity index (χ0) is 27.0. The van der Waals surface area contributed by atoms with Crippen molar-refractivity contribution in [3.05, 3.63) is 82.0 Å². The fourth-order valence-electron chi connectivity index (χ4n) is 6.38. The number of allylic oxidation sites excluding steroid dienone is 5. The van der Waals surface area contributed by atoms with Crippen LogP contribution in [0.15, 0.2) is 63.5 Å². The van der Waals surface area contributed by atoms with Gasteiger partial charge in [-0.15, -0.1) is 19.0 Å². The zero-order valence-corrected chi connectivity index (χ0v) is 24.8. The van der Waals surface area contributed by atoms with Crippen LogP contribution < -0.4 is 0 Å². The maximum absolute atomic E-state index is 7.60. The molecule has 5 heterocycles. The van der Waals surface area contributed by atoms with Gasteiger partial charge in [-0.25, -0.2) is 11.4 Å². The minimum absolute atomic E-state index is 0. The number of aliphatic imine (C=N–C) groups is 1. The predicted molar refractivity (Wildman–Crippen MR) is 152 cm³/mol. The molecule has 0 aromatic rings. The first-order valence-electron chi connectivity index (χ1n) is 15.3. The number of dihydropyridines is 1. The van der Waals surface area contributed by atoms with Crippen molar-refractivity contribution in [3.63, 3.8) is 0 Å². The van der Waals surface area contributed by atoms with Crippen LogP contribution >= 0.6 is 11.8 Å². The molecule has 0 aromatic carbocycles. The molecule has 5 aliphatic heterocycles. The molecule has 3 fully saturated rings. The summed E-state index contributed by atoms with van der Waals surface area (Å²) < 4.78 is 29.1. The van der Waals surface area contributed by atoms with Crippen LogP contribution in [0.1, 0.15) is 69.3 Å². The van der Waals surface area contributed by atoms with Crippen molar-refractivity contribution in [1.82, 2.24) is 0 Å². The summed E-state index contributed by atoms with van der Waals surface area (Å²) in [5, 5.41) is 10.00. The molecular weight excluding hydrogens is 655 g/mol. The summed E-state index contributed by atoms with van der Waals surface area (Å²) in [7, 11) is 0. The van der Waals surface area contributed by atoms with E-state index in [9.17, 15) is 0 Å². The number of ether oxygens (including phenoxy) is 1. The van der Waals surface area contributed by atoms with Crippen LogP contribution in [0.4, 0.5) is 0 Å². The van der Waals surface area contributed by atoms with Gasteiger partial charge in [0.2, 0.25) is 0 Å². The van der Waals surface area contributed by atoms with Crippen LogP contribution in [0.3, 0.4) is 0 Å². The van der Waals surface area contributed by atoms with Crippen molar-refractivity contribution in [2.24, 2.45) is 22.7 Å². The molecule has 6 heteroatoms. The van der Waals surface area contributed by atoms with Gasteiger partial charge < -0.3 is 21.8 Å². The normalized spacial score (nSPS) is 37.4. The first-order valence-corrected chi connectivity index (χ1v) is 14.8. The van der Waals surface area contributed by atoms with Gasteiger partial charge in [0.25, 0.3) is 0 Å². The molecule has 6 atom stereocenters. The van der Waals surface area contributed by atoms with Crippen molar-refractivity contribution >= 4 is 17.5 Å². The van der Waals surface area contributed by atoms with E-state index in [1.165, 1.54) is 60.3 Å². The summed E-state index contributed by atoms with van der Waals surface area (Å²) in [4.78, 5) is 4.42. The van der Waals surface area contributed by atoms with Crippen LogP contribution in [0.25, 0.3) is 10.6 Å². The third-order valence-electron chi connectivity index (χ3n) is 8.36. The van der Waals surface area contributed by atoms with Crippen molar-refractivity contribution < 1.29 is 29.0 Å². The van der Waals surface area contributed by atoms with Gasteiger partial charge in [-0.05, 0) is 50.1 Å². The molecule has 7 rings (SSSR count).